The standard InChI is InChI=1S/C12H16N4/c1-12(2,3)9-8-16(4)11(15-9)10-13-6-5-7-14-10/h5-8H,1-4H3. The summed E-state index contributed by atoms with van der Waals surface area (Å²) < 4.78 is 1.97. The zero-order valence-electron chi connectivity index (χ0n) is 10.1. The van der Waals surface area contributed by atoms with Crippen LogP contribution in [0.4, 0.5) is 0 Å². The summed E-state index contributed by atoms with van der Waals surface area (Å²) in [4.78, 5) is 13.0. The summed E-state index contributed by atoms with van der Waals surface area (Å²) in [6.07, 6.45) is 5.49. The average Bonchev–Trinajstić information content (AvgIpc) is 2.61. The summed E-state index contributed by atoms with van der Waals surface area (Å²) >= 11 is 0. The van der Waals surface area contributed by atoms with Crippen molar-refractivity contribution in [1.29, 1.82) is 0 Å². The minimum Gasteiger partial charge on any atom is -0.331 e. The van der Waals surface area contributed by atoms with E-state index in [9.17, 15) is 0 Å². The summed E-state index contributed by atoms with van der Waals surface area (Å²) in [6, 6.07) is 1.80. The Morgan fingerprint density at radius 3 is 2.25 bits per heavy atom. The number of rotatable bonds is 1. The van der Waals surface area contributed by atoms with E-state index in [2.05, 4.69) is 35.7 Å². The summed E-state index contributed by atoms with van der Waals surface area (Å²) in [5.74, 6) is 1.48. The van der Waals surface area contributed by atoms with E-state index in [-0.39, 0.29) is 5.41 Å². The predicted octanol–water partition coefficient (Wildman–Crippen LogP) is 2.17. The number of nitrogens with zero attached hydrogens (tertiary/aromatic N) is 4. The second-order valence-corrected chi connectivity index (χ2v) is 4.88. The molecule has 2 aromatic rings. The molecule has 2 rings (SSSR count). The van der Waals surface area contributed by atoms with E-state index in [1.54, 1.807) is 18.5 Å². The first-order valence-corrected chi connectivity index (χ1v) is 5.30. The molecule has 2 heterocycles. The Labute approximate surface area is 95.4 Å². The number of hydrogen-bond donors (Lipinski definition) is 0. The van der Waals surface area contributed by atoms with Gasteiger partial charge >= 0.3 is 0 Å². The molecule has 0 N–H and O–H groups in total. The van der Waals surface area contributed by atoms with Gasteiger partial charge in [0.25, 0.3) is 0 Å². The van der Waals surface area contributed by atoms with Crippen molar-refractivity contribution in [2.24, 2.45) is 7.05 Å². The van der Waals surface area contributed by atoms with Crippen LogP contribution in [0, 0.1) is 0 Å². The smallest absolute Gasteiger partial charge is 0.195 e. The lowest BCUT2D eigenvalue weighted by Gasteiger charge is -2.13. The van der Waals surface area contributed by atoms with Crippen LogP contribution in [0.15, 0.2) is 24.7 Å². The van der Waals surface area contributed by atoms with Crippen LogP contribution in [0.2, 0.25) is 0 Å². The van der Waals surface area contributed by atoms with Crippen molar-refractivity contribution < 1.29 is 0 Å². The number of imidazole rings is 1. The maximum absolute atomic E-state index is 4.59. The highest BCUT2D eigenvalue weighted by Crippen LogP contribution is 2.23. The van der Waals surface area contributed by atoms with Crippen LogP contribution in [0.25, 0.3) is 11.6 Å². The lowest BCUT2D eigenvalue weighted by Crippen LogP contribution is -2.11. The van der Waals surface area contributed by atoms with Crippen LogP contribution in [0.3, 0.4) is 0 Å². The molecule has 84 valence electrons. The van der Waals surface area contributed by atoms with E-state index in [1.165, 1.54) is 0 Å². The van der Waals surface area contributed by atoms with Crippen molar-refractivity contribution in [2.45, 2.75) is 26.2 Å². The summed E-state index contributed by atoms with van der Waals surface area (Å²) in [6.45, 7) is 6.43. The molecular formula is C12H16N4. The van der Waals surface area contributed by atoms with Crippen molar-refractivity contribution in [3.8, 4) is 11.6 Å². The molecule has 0 radical (unpaired) electrons. The molecule has 0 spiro atoms. The van der Waals surface area contributed by atoms with Gasteiger partial charge < -0.3 is 4.57 Å². The van der Waals surface area contributed by atoms with Crippen molar-refractivity contribution >= 4 is 0 Å². The van der Waals surface area contributed by atoms with E-state index >= 15 is 0 Å². The molecule has 4 nitrogen and oxygen atoms in total. The van der Waals surface area contributed by atoms with Gasteiger partial charge in [0.2, 0.25) is 0 Å². The first-order chi connectivity index (χ1) is 7.48. The molecule has 0 aromatic carbocycles. The van der Waals surface area contributed by atoms with Gasteiger partial charge in [-0.25, -0.2) is 15.0 Å². The zero-order chi connectivity index (χ0) is 11.8. The predicted molar refractivity (Wildman–Crippen MR) is 62.9 cm³/mol. The van der Waals surface area contributed by atoms with Crippen LogP contribution in [0.1, 0.15) is 26.5 Å². The summed E-state index contributed by atoms with van der Waals surface area (Å²) in [7, 11) is 1.97. The normalized spacial score (nSPS) is 11.8. The lowest BCUT2D eigenvalue weighted by atomic mass is 9.93. The van der Waals surface area contributed by atoms with Crippen LogP contribution < -0.4 is 0 Å². The molecule has 0 saturated heterocycles. The first kappa shape index (κ1) is 10.8. The van der Waals surface area contributed by atoms with Gasteiger partial charge in [-0.3, -0.25) is 0 Å². The van der Waals surface area contributed by atoms with Crippen molar-refractivity contribution in [2.75, 3.05) is 0 Å². The molecule has 0 amide bonds. The quantitative estimate of drug-likeness (QED) is 0.733. The van der Waals surface area contributed by atoms with Crippen LogP contribution in [0.5, 0.6) is 0 Å². The molecule has 0 fully saturated rings. The molecule has 0 unspecified atom stereocenters. The maximum atomic E-state index is 4.59. The maximum Gasteiger partial charge on any atom is 0.195 e. The number of aromatic nitrogens is 4. The summed E-state index contributed by atoms with van der Waals surface area (Å²) in [5, 5.41) is 0. The highest BCUT2D eigenvalue weighted by atomic mass is 15.1. The average molecular weight is 216 g/mol. The fourth-order valence-electron chi connectivity index (χ4n) is 1.45. The van der Waals surface area contributed by atoms with E-state index < -0.39 is 0 Å². The Hall–Kier alpha value is -1.71. The molecular weight excluding hydrogens is 200 g/mol. The fourth-order valence-corrected chi connectivity index (χ4v) is 1.45. The molecule has 0 aliphatic rings. The van der Waals surface area contributed by atoms with E-state index in [0.717, 1.165) is 11.5 Å². The van der Waals surface area contributed by atoms with E-state index in [0.29, 0.717) is 5.82 Å². The second-order valence-electron chi connectivity index (χ2n) is 4.88. The van der Waals surface area contributed by atoms with Gasteiger partial charge in [0.15, 0.2) is 11.6 Å². The van der Waals surface area contributed by atoms with E-state index in [4.69, 9.17) is 0 Å². The van der Waals surface area contributed by atoms with Crippen LogP contribution >= 0.6 is 0 Å². The van der Waals surface area contributed by atoms with Crippen LogP contribution in [-0.2, 0) is 12.5 Å². The molecule has 16 heavy (non-hydrogen) atoms. The number of aryl methyl sites for hydroxylation is 1. The van der Waals surface area contributed by atoms with Gasteiger partial charge in [-0.2, -0.15) is 0 Å². The van der Waals surface area contributed by atoms with Crippen molar-refractivity contribution in [3.63, 3.8) is 0 Å². The Bertz CT molecular complexity index is 479. The SMILES string of the molecule is Cn1cc(C(C)(C)C)nc1-c1ncccn1. The molecule has 2 aromatic heterocycles. The molecule has 4 heteroatoms. The minimum atomic E-state index is 0.0464. The monoisotopic (exact) mass is 216 g/mol. The van der Waals surface area contributed by atoms with Gasteiger partial charge in [-0.05, 0) is 6.07 Å². The molecule has 0 atom stereocenters. The third-order valence-corrected chi connectivity index (χ3v) is 2.41. The largest absolute Gasteiger partial charge is 0.331 e. The van der Waals surface area contributed by atoms with Crippen LogP contribution in [-0.4, -0.2) is 19.5 Å². The van der Waals surface area contributed by atoms with E-state index in [1.807, 2.05) is 17.8 Å². The Morgan fingerprint density at radius 1 is 1.12 bits per heavy atom. The molecule has 0 aliphatic carbocycles. The highest BCUT2D eigenvalue weighted by Gasteiger charge is 2.19. The van der Waals surface area contributed by atoms with Gasteiger partial charge in [0, 0.05) is 31.1 Å². The summed E-state index contributed by atoms with van der Waals surface area (Å²) in [5.41, 5.74) is 1.10. The van der Waals surface area contributed by atoms with Gasteiger partial charge in [0.05, 0.1) is 5.69 Å². The lowest BCUT2D eigenvalue weighted by molar-refractivity contribution is 0.572. The van der Waals surface area contributed by atoms with Crippen molar-refractivity contribution in [3.05, 3.63) is 30.4 Å². The molecule has 0 bridgehead atoms. The van der Waals surface area contributed by atoms with Gasteiger partial charge in [0.1, 0.15) is 0 Å². The molecule has 0 aliphatic heterocycles. The fraction of sp³-hybridized carbons (Fsp3) is 0.417. The molecule has 0 saturated carbocycles. The third kappa shape index (κ3) is 1.96. The first-order valence-electron chi connectivity index (χ1n) is 5.30. The van der Waals surface area contributed by atoms with Crippen molar-refractivity contribution in [1.82, 2.24) is 19.5 Å². The Kier molecular flexibility index (Phi) is 2.50. The zero-order valence-corrected chi connectivity index (χ0v) is 10.1. The highest BCUT2D eigenvalue weighted by molar-refractivity contribution is 5.44. The Morgan fingerprint density at radius 2 is 1.75 bits per heavy atom. The Balaban J connectivity index is 2.48. The number of hydrogen-bond acceptors (Lipinski definition) is 3. The van der Waals surface area contributed by atoms with Gasteiger partial charge in [-0.15, -0.1) is 0 Å². The topological polar surface area (TPSA) is 43.6 Å². The second kappa shape index (κ2) is 3.70. The van der Waals surface area contributed by atoms with Gasteiger partial charge in [-0.1, -0.05) is 20.8 Å². The minimum absolute atomic E-state index is 0.0464. The third-order valence-electron chi connectivity index (χ3n) is 2.41.